The van der Waals surface area contributed by atoms with E-state index in [4.69, 9.17) is 5.73 Å². The van der Waals surface area contributed by atoms with Crippen molar-refractivity contribution < 1.29 is 4.79 Å². The van der Waals surface area contributed by atoms with Crippen LogP contribution in [0.25, 0.3) is 0 Å². The van der Waals surface area contributed by atoms with Crippen LogP contribution in [0.2, 0.25) is 0 Å². The number of aryl methyl sites for hydroxylation is 1. The third-order valence-corrected chi connectivity index (χ3v) is 2.88. The van der Waals surface area contributed by atoms with Gasteiger partial charge >= 0.3 is 0 Å². The number of nitrogens with zero attached hydrogens (tertiary/aromatic N) is 1. The molecule has 0 spiro atoms. The average Bonchev–Trinajstić information content (AvgIpc) is 2.28. The standard InChI is InChI=1S/C11H17N3OS.2ClH/c1-8-10(4-3-6-13-8)14-11(15)9(12)5-7-16-2;;/h3-4,6,9H,5,7,12H2,1-2H3,(H,14,15);2*1H/t9-;;/m0../s1. The monoisotopic (exact) mass is 311 g/mol. The maximum absolute atomic E-state index is 11.7. The molecule has 0 fully saturated rings. The van der Waals surface area contributed by atoms with Crippen molar-refractivity contribution in [1.29, 1.82) is 0 Å². The number of aromatic nitrogens is 1. The van der Waals surface area contributed by atoms with Gasteiger partial charge in [-0.2, -0.15) is 11.8 Å². The van der Waals surface area contributed by atoms with E-state index in [-0.39, 0.29) is 30.7 Å². The Kier molecular flexibility index (Phi) is 11.5. The Morgan fingerprint density at radius 2 is 2.22 bits per heavy atom. The van der Waals surface area contributed by atoms with Gasteiger partial charge in [0.2, 0.25) is 5.91 Å². The van der Waals surface area contributed by atoms with Gasteiger partial charge in [-0.15, -0.1) is 24.8 Å². The lowest BCUT2D eigenvalue weighted by molar-refractivity contribution is -0.117. The third kappa shape index (κ3) is 6.44. The van der Waals surface area contributed by atoms with Crippen LogP contribution in [-0.2, 0) is 4.79 Å². The summed E-state index contributed by atoms with van der Waals surface area (Å²) in [6.07, 6.45) is 4.38. The van der Waals surface area contributed by atoms with Gasteiger partial charge in [0.15, 0.2) is 0 Å². The maximum Gasteiger partial charge on any atom is 0.241 e. The highest BCUT2D eigenvalue weighted by Gasteiger charge is 2.13. The molecule has 7 heteroatoms. The molecule has 4 nitrogen and oxygen atoms in total. The number of thioether (sulfide) groups is 1. The molecule has 1 amide bonds. The van der Waals surface area contributed by atoms with Crippen molar-refractivity contribution in [1.82, 2.24) is 4.98 Å². The normalized spacial score (nSPS) is 10.8. The number of halogens is 2. The highest BCUT2D eigenvalue weighted by atomic mass is 35.5. The van der Waals surface area contributed by atoms with Crippen molar-refractivity contribution >= 4 is 48.2 Å². The predicted molar refractivity (Wildman–Crippen MR) is 83.1 cm³/mol. The second kappa shape index (κ2) is 10.4. The van der Waals surface area contributed by atoms with E-state index in [2.05, 4.69) is 10.3 Å². The first-order valence-electron chi connectivity index (χ1n) is 5.12. The summed E-state index contributed by atoms with van der Waals surface area (Å²) < 4.78 is 0. The number of hydrogen-bond acceptors (Lipinski definition) is 4. The molecule has 0 unspecified atom stereocenters. The SMILES string of the molecule is CSCC[C@H](N)C(=O)Nc1cccnc1C.Cl.Cl. The average molecular weight is 312 g/mol. The molecule has 1 heterocycles. The number of carbonyl (C=O) groups excluding carboxylic acids is 1. The lowest BCUT2D eigenvalue weighted by Gasteiger charge is -2.12. The highest BCUT2D eigenvalue weighted by molar-refractivity contribution is 7.98. The van der Waals surface area contributed by atoms with E-state index in [0.29, 0.717) is 6.42 Å². The number of carbonyl (C=O) groups is 1. The maximum atomic E-state index is 11.7. The summed E-state index contributed by atoms with van der Waals surface area (Å²) in [5, 5.41) is 2.78. The topological polar surface area (TPSA) is 68.0 Å². The van der Waals surface area contributed by atoms with Crippen LogP contribution >= 0.6 is 36.6 Å². The summed E-state index contributed by atoms with van der Waals surface area (Å²) in [4.78, 5) is 15.8. The molecule has 0 saturated carbocycles. The number of pyridine rings is 1. The van der Waals surface area contributed by atoms with Crippen LogP contribution in [0.4, 0.5) is 5.69 Å². The Labute approximate surface area is 124 Å². The molecule has 1 atom stereocenters. The Morgan fingerprint density at radius 1 is 1.56 bits per heavy atom. The molecule has 0 radical (unpaired) electrons. The molecule has 104 valence electrons. The summed E-state index contributed by atoms with van der Waals surface area (Å²) in [6, 6.07) is 3.16. The van der Waals surface area contributed by atoms with Crippen LogP contribution in [-0.4, -0.2) is 28.9 Å². The molecule has 0 aliphatic rings. The molecule has 1 rings (SSSR count). The Bertz CT molecular complexity index is 366. The Hall–Kier alpha value is -0.490. The summed E-state index contributed by atoms with van der Waals surface area (Å²) in [6.45, 7) is 1.85. The molecule has 1 aromatic rings. The fourth-order valence-corrected chi connectivity index (χ4v) is 1.71. The highest BCUT2D eigenvalue weighted by Crippen LogP contribution is 2.11. The van der Waals surface area contributed by atoms with Crippen molar-refractivity contribution in [3.05, 3.63) is 24.0 Å². The molecule has 1 aromatic heterocycles. The van der Waals surface area contributed by atoms with Crippen LogP contribution < -0.4 is 11.1 Å². The molecule has 3 N–H and O–H groups in total. The summed E-state index contributed by atoms with van der Waals surface area (Å²) in [5.74, 6) is 0.741. The van der Waals surface area contributed by atoms with E-state index in [0.717, 1.165) is 17.1 Å². The molecule has 0 aliphatic heterocycles. The minimum absolute atomic E-state index is 0. The van der Waals surface area contributed by atoms with Crippen molar-refractivity contribution in [2.24, 2.45) is 5.73 Å². The van der Waals surface area contributed by atoms with Crippen molar-refractivity contribution in [2.75, 3.05) is 17.3 Å². The number of hydrogen-bond donors (Lipinski definition) is 2. The third-order valence-electron chi connectivity index (χ3n) is 2.23. The van der Waals surface area contributed by atoms with Crippen LogP contribution in [0.15, 0.2) is 18.3 Å². The minimum atomic E-state index is -0.452. The van der Waals surface area contributed by atoms with Gasteiger partial charge < -0.3 is 11.1 Å². The van der Waals surface area contributed by atoms with E-state index in [9.17, 15) is 4.79 Å². The van der Waals surface area contributed by atoms with Gasteiger partial charge in [-0.25, -0.2) is 0 Å². The zero-order valence-electron chi connectivity index (χ0n) is 10.4. The van der Waals surface area contributed by atoms with Crippen LogP contribution in [0.1, 0.15) is 12.1 Å². The zero-order chi connectivity index (χ0) is 12.0. The molecule has 0 bridgehead atoms. The van der Waals surface area contributed by atoms with E-state index >= 15 is 0 Å². The van der Waals surface area contributed by atoms with Crippen LogP contribution in [0, 0.1) is 6.92 Å². The first kappa shape index (κ1) is 19.8. The second-order valence-corrected chi connectivity index (χ2v) is 4.50. The summed E-state index contributed by atoms with van der Waals surface area (Å²) in [5.41, 5.74) is 7.28. The summed E-state index contributed by atoms with van der Waals surface area (Å²) >= 11 is 1.68. The van der Waals surface area contributed by atoms with Crippen LogP contribution in [0.3, 0.4) is 0 Å². The van der Waals surface area contributed by atoms with Gasteiger partial charge in [-0.1, -0.05) is 0 Å². The van der Waals surface area contributed by atoms with Gasteiger partial charge in [0.25, 0.3) is 0 Å². The van der Waals surface area contributed by atoms with E-state index in [1.54, 1.807) is 24.0 Å². The minimum Gasteiger partial charge on any atom is -0.323 e. The summed E-state index contributed by atoms with van der Waals surface area (Å²) in [7, 11) is 0. The molecule has 0 aliphatic carbocycles. The number of rotatable bonds is 5. The van der Waals surface area contributed by atoms with E-state index in [1.165, 1.54) is 0 Å². The quantitative estimate of drug-likeness (QED) is 0.875. The predicted octanol–water partition coefficient (Wildman–Crippen LogP) is 2.25. The molecular formula is C11H19Cl2N3OS. The number of amides is 1. The smallest absolute Gasteiger partial charge is 0.241 e. The Balaban J connectivity index is 0. The van der Waals surface area contributed by atoms with Crippen molar-refractivity contribution in [3.8, 4) is 0 Å². The number of nitrogens with two attached hydrogens (primary N) is 1. The lowest BCUT2D eigenvalue weighted by Crippen LogP contribution is -2.36. The Morgan fingerprint density at radius 3 is 2.78 bits per heavy atom. The van der Waals surface area contributed by atoms with E-state index in [1.807, 2.05) is 19.2 Å². The molecule has 18 heavy (non-hydrogen) atoms. The first-order chi connectivity index (χ1) is 7.65. The zero-order valence-corrected chi connectivity index (χ0v) is 12.8. The lowest BCUT2D eigenvalue weighted by atomic mass is 10.2. The van der Waals surface area contributed by atoms with Gasteiger partial charge in [-0.3, -0.25) is 9.78 Å². The second-order valence-electron chi connectivity index (χ2n) is 3.51. The largest absolute Gasteiger partial charge is 0.323 e. The van der Waals surface area contributed by atoms with Crippen molar-refractivity contribution in [2.45, 2.75) is 19.4 Å². The fourth-order valence-electron chi connectivity index (χ4n) is 1.22. The molecular weight excluding hydrogens is 293 g/mol. The molecule has 0 saturated heterocycles. The van der Waals surface area contributed by atoms with Crippen molar-refractivity contribution in [3.63, 3.8) is 0 Å². The van der Waals surface area contributed by atoms with E-state index < -0.39 is 6.04 Å². The van der Waals surface area contributed by atoms with Gasteiger partial charge in [-0.05, 0) is 37.5 Å². The number of nitrogens with one attached hydrogen (secondary N) is 1. The van der Waals surface area contributed by atoms with Gasteiger partial charge in [0.05, 0.1) is 17.4 Å². The first-order valence-corrected chi connectivity index (χ1v) is 6.51. The fraction of sp³-hybridized carbons (Fsp3) is 0.455. The molecule has 0 aromatic carbocycles. The van der Waals surface area contributed by atoms with Gasteiger partial charge in [0, 0.05) is 6.20 Å². The van der Waals surface area contributed by atoms with Crippen LogP contribution in [0.5, 0.6) is 0 Å². The van der Waals surface area contributed by atoms with Gasteiger partial charge in [0.1, 0.15) is 0 Å². The number of anilines is 1.